The number of aliphatic hydroxyl groups excluding tert-OH is 1. The Balaban J connectivity index is 1.15. The molecule has 2 saturated heterocycles. The van der Waals surface area contributed by atoms with Gasteiger partial charge in [0.05, 0.1) is 41.8 Å². The van der Waals surface area contributed by atoms with Crippen LogP contribution in [0.25, 0.3) is 33.6 Å². The first-order chi connectivity index (χ1) is 23.7. The lowest BCUT2D eigenvalue weighted by Crippen LogP contribution is -2.56. The maximum absolute atomic E-state index is 12.9. The van der Waals surface area contributed by atoms with Crippen LogP contribution in [0.15, 0.2) is 54.7 Å². The van der Waals surface area contributed by atoms with Gasteiger partial charge < -0.3 is 19.9 Å². The Morgan fingerprint density at radius 3 is 2.57 bits per heavy atom. The Morgan fingerprint density at radius 1 is 1.04 bits per heavy atom. The number of hydrogen-bond donors (Lipinski definition) is 2. The molecule has 0 radical (unpaired) electrons. The molecule has 0 bridgehead atoms. The highest BCUT2D eigenvalue weighted by molar-refractivity contribution is 6.39. The van der Waals surface area contributed by atoms with E-state index in [0.29, 0.717) is 59.1 Å². The van der Waals surface area contributed by atoms with E-state index >= 15 is 0 Å². The van der Waals surface area contributed by atoms with Crippen LogP contribution in [0, 0.1) is 5.41 Å². The van der Waals surface area contributed by atoms with Crippen LogP contribution in [-0.2, 0) is 24.3 Å². The van der Waals surface area contributed by atoms with Crippen LogP contribution in [0.1, 0.15) is 23.1 Å². The molecule has 2 aromatic heterocycles. The van der Waals surface area contributed by atoms with Crippen molar-refractivity contribution < 1.29 is 23.8 Å². The standard InChI is InChI=1S/C37H38Cl2FN5O4/c1-48-31-13-24(12-22-9-11-44(18-29(22)31)17-25(46)15-40)35-34(39)27(8-10-41-35)26-4-3-5-28(33(26)38)30-7-6-23(36(43-30)49-2)16-45-20-37(21-45)14-32(47)42-19-37/h3-8,10,12-13,25,46H,9,11,14-21H2,1-2H3,(H,42,47)/t25-/m0/s1. The predicted molar refractivity (Wildman–Crippen MR) is 188 cm³/mol. The van der Waals surface area contributed by atoms with Gasteiger partial charge in [0.15, 0.2) is 0 Å². The van der Waals surface area contributed by atoms with Gasteiger partial charge in [-0.15, -0.1) is 0 Å². The van der Waals surface area contributed by atoms with Crippen molar-refractivity contribution in [3.05, 3.63) is 81.5 Å². The van der Waals surface area contributed by atoms with E-state index in [1.54, 1.807) is 20.4 Å². The Labute approximate surface area is 295 Å². The summed E-state index contributed by atoms with van der Waals surface area (Å²) in [5.41, 5.74) is 7.46. The van der Waals surface area contributed by atoms with Gasteiger partial charge in [0.25, 0.3) is 0 Å². The Kier molecular flexibility index (Phi) is 9.51. The molecule has 0 aliphatic carbocycles. The zero-order chi connectivity index (χ0) is 34.3. The van der Waals surface area contributed by atoms with Gasteiger partial charge in [-0.3, -0.25) is 19.6 Å². The van der Waals surface area contributed by atoms with E-state index in [0.717, 1.165) is 65.0 Å². The molecule has 4 aromatic rings. The molecule has 5 heterocycles. The predicted octanol–water partition coefficient (Wildman–Crippen LogP) is 5.81. The Hall–Kier alpha value is -3.80. The maximum Gasteiger partial charge on any atom is 0.220 e. The number of aromatic nitrogens is 2. The summed E-state index contributed by atoms with van der Waals surface area (Å²) in [5, 5.41) is 13.8. The molecule has 1 spiro atoms. The molecule has 0 saturated carbocycles. The molecule has 49 heavy (non-hydrogen) atoms. The number of benzene rings is 2. The van der Waals surface area contributed by atoms with E-state index in [4.69, 9.17) is 37.7 Å². The fourth-order valence-electron chi connectivity index (χ4n) is 7.45. The van der Waals surface area contributed by atoms with Crippen molar-refractivity contribution >= 4 is 29.1 Å². The average Bonchev–Trinajstić information content (AvgIpc) is 3.49. The molecule has 3 aliphatic heterocycles. The monoisotopic (exact) mass is 705 g/mol. The number of hydrogen-bond acceptors (Lipinski definition) is 8. The van der Waals surface area contributed by atoms with Gasteiger partial charge in [-0.1, -0.05) is 47.5 Å². The smallest absolute Gasteiger partial charge is 0.220 e. The number of rotatable bonds is 10. The topological polar surface area (TPSA) is 100 Å². The summed E-state index contributed by atoms with van der Waals surface area (Å²) in [6, 6.07) is 15.6. The maximum atomic E-state index is 12.9. The molecule has 3 aliphatic rings. The first kappa shape index (κ1) is 33.7. The second-order valence-electron chi connectivity index (χ2n) is 13.3. The van der Waals surface area contributed by atoms with Gasteiger partial charge >= 0.3 is 0 Å². The number of carbonyl (C=O) groups excluding carboxylic acids is 1. The average molecular weight is 707 g/mol. The second kappa shape index (κ2) is 13.8. The lowest BCUT2D eigenvalue weighted by atomic mass is 9.79. The van der Waals surface area contributed by atoms with Crippen molar-refractivity contribution in [3.63, 3.8) is 0 Å². The summed E-state index contributed by atoms with van der Waals surface area (Å²) in [7, 11) is 3.24. The number of alkyl halides is 1. The van der Waals surface area contributed by atoms with Crippen molar-refractivity contribution in [2.75, 3.05) is 53.6 Å². The third-order valence-corrected chi connectivity index (χ3v) is 10.6. The zero-order valence-electron chi connectivity index (χ0n) is 27.4. The highest BCUT2D eigenvalue weighted by atomic mass is 35.5. The molecule has 9 nitrogen and oxygen atoms in total. The number of amides is 1. The van der Waals surface area contributed by atoms with Gasteiger partial charge in [0.1, 0.15) is 12.4 Å². The van der Waals surface area contributed by atoms with Gasteiger partial charge in [-0.05, 0) is 36.2 Å². The summed E-state index contributed by atoms with van der Waals surface area (Å²) in [5.74, 6) is 1.36. The molecule has 1 amide bonds. The first-order valence-corrected chi connectivity index (χ1v) is 17.1. The highest BCUT2D eigenvalue weighted by Gasteiger charge is 2.48. The number of carbonyl (C=O) groups is 1. The number of nitrogens with zero attached hydrogens (tertiary/aromatic N) is 4. The van der Waals surface area contributed by atoms with Crippen LogP contribution in [0.5, 0.6) is 11.6 Å². The minimum Gasteiger partial charge on any atom is -0.496 e. The van der Waals surface area contributed by atoms with Crippen LogP contribution in [-0.4, -0.2) is 90.5 Å². The molecule has 2 N–H and O–H groups in total. The number of methoxy groups -OCH3 is 2. The van der Waals surface area contributed by atoms with Gasteiger partial charge in [0, 0.05) is 97.2 Å². The summed E-state index contributed by atoms with van der Waals surface area (Å²) in [6.07, 6.45) is 2.02. The number of aliphatic hydroxyl groups is 1. The van der Waals surface area contributed by atoms with Crippen molar-refractivity contribution in [2.24, 2.45) is 5.41 Å². The van der Waals surface area contributed by atoms with Gasteiger partial charge in [0.2, 0.25) is 11.8 Å². The summed E-state index contributed by atoms with van der Waals surface area (Å²) in [6.45, 7) is 3.90. The van der Waals surface area contributed by atoms with Crippen LogP contribution >= 0.6 is 23.2 Å². The van der Waals surface area contributed by atoms with Crippen molar-refractivity contribution in [1.29, 1.82) is 0 Å². The first-order valence-electron chi connectivity index (χ1n) is 16.3. The minimum atomic E-state index is -1.01. The number of pyridine rings is 2. The molecule has 7 rings (SSSR count). The number of ether oxygens (including phenoxy) is 2. The zero-order valence-corrected chi connectivity index (χ0v) is 29.0. The molecule has 12 heteroatoms. The second-order valence-corrected chi connectivity index (χ2v) is 14.0. The third-order valence-electron chi connectivity index (χ3n) is 9.82. The van der Waals surface area contributed by atoms with E-state index < -0.39 is 12.8 Å². The largest absolute Gasteiger partial charge is 0.496 e. The third kappa shape index (κ3) is 6.60. The molecule has 2 aromatic carbocycles. The highest BCUT2D eigenvalue weighted by Crippen LogP contribution is 2.44. The lowest BCUT2D eigenvalue weighted by molar-refractivity contribution is -0.120. The van der Waals surface area contributed by atoms with E-state index in [2.05, 4.69) is 21.3 Å². The van der Waals surface area contributed by atoms with Crippen molar-refractivity contribution in [1.82, 2.24) is 25.1 Å². The SMILES string of the molecule is COc1cc(-c2nccc(-c3cccc(-c4ccc(CN5CC6(CNC(=O)C6)C5)c(OC)n4)c3Cl)c2Cl)cc2c1CN(C[C@@H](O)CF)CC2. The van der Waals surface area contributed by atoms with E-state index in [1.165, 1.54) is 0 Å². The van der Waals surface area contributed by atoms with E-state index in [1.807, 2.05) is 47.4 Å². The number of likely N-dealkylation sites (tertiary alicyclic amines) is 1. The Bertz CT molecular complexity index is 1890. The molecule has 2 fully saturated rings. The number of fused-ring (bicyclic) bond motifs is 1. The molecule has 1 atom stereocenters. The minimum absolute atomic E-state index is 0.0520. The quantitative estimate of drug-likeness (QED) is 0.213. The van der Waals surface area contributed by atoms with Gasteiger partial charge in [-0.2, -0.15) is 0 Å². The van der Waals surface area contributed by atoms with E-state index in [9.17, 15) is 14.3 Å². The van der Waals surface area contributed by atoms with E-state index in [-0.39, 0.29) is 17.9 Å². The van der Waals surface area contributed by atoms with Crippen LogP contribution in [0.2, 0.25) is 10.0 Å². The van der Waals surface area contributed by atoms with Crippen LogP contribution in [0.3, 0.4) is 0 Å². The Morgan fingerprint density at radius 2 is 1.84 bits per heavy atom. The summed E-state index contributed by atoms with van der Waals surface area (Å²) >= 11 is 14.2. The molecule has 0 unspecified atom stereocenters. The normalized spacial score (nSPS) is 17.8. The summed E-state index contributed by atoms with van der Waals surface area (Å²) in [4.78, 5) is 25.6. The van der Waals surface area contributed by atoms with Crippen LogP contribution < -0.4 is 14.8 Å². The van der Waals surface area contributed by atoms with Gasteiger partial charge in [-0.25, -0.2) is 9.37 Å². The van der Waals surface area contributed by atoms with Crippen LogP contribution in [0.4, 0.5) is 4.39 Å². The number of halogens is 3. The summed E-state index contributed by atoms with van der Waals surface area (Å²) < 4.78 is 24.5. The fourth-order valence-corrected chi connectivity index (χ4v) is 8.09. The number of β-amino-alcohol motifs (C(OH)–C–C–N with tert-alkyl or cyclic N) is 1. The van der Waals surface area contributed by atoms with Crippen molar-refractivity contribution in [2.45, 2.75) is 32.0 Å². The number of nitrogens with one attached hydrogen (secondary N) is 1. The molecule has 256 valence electrons. The fraction of sp³-hybridized carbons (Fsp3) is 0.378. The molecular formula is C37H38Cl2FN5O4. The van der Waals surface area contributed by atoms with Crippen molar-refractivity contribution in [3.8, 4) is 45.3 Å². The molecular weight excluding hydrogens is 668 g/mol. The lowest BCUT2D eigenvalue weighted by Gasteiger charge is -2.47.